The van der Waals surface area contributed by atoms with Gasteiger partial charge in [0.15, 0.2) is 0 Å². The van der Waals surface area contributed by atoms with Gasteiger partial charge in [0.2, 0.25) is 0 Å². The summed E-state index contributed by atoms with van der Waals surface area (Å²) in [5.74, 6) is -0.00261. The number of halogens is 2. The van der Waals surface area contributed by atoms with Crippen LogP contribution in [0.15, 0.2) is 42.5 Å². The molecule has 1 atom stereocenters. The Bertz CT molecular complexity index is 697. The molecule has 1 aliphatic rings. The van der Waals surface area contributed by atoms with Gasteiger partial charge in [-0.25, -0.2) is 0 Å². The zero-order valence-electron chi connectivity index (χ0n) is 12.1. The van der Waals surface area contributed by atoms with E-state index in [0.717, 1.165) is 17.7 Å². The lowest BCUT2D eigenvalue weighted by Crippen LogP contribution is -2.43. The van der Waals surface area contributed by atoms with Gasteiger partial charge in [-0.1, -0.05) is 48.3 Å². The molecule has 0 aliphatic carbocycles. The Kier molecular flexibility index (Phi) is 4.27. The molecule has 3 rings (SSSR count). The maximum absolute atomic E-state index is 12.8. The van der Waals surface area contributed by atoms with Gasteiger partial charge < -0.3 is 10.2 Å². The molecule has 1 amide bonds. The van der Waals surface area contributed by atoms with E-state index in [4.69, 9.17) is 23.2 Å². The van der Waals surface area contributed by atoms with Crippen molar-refractivity contribution in [1.29, 1.82) is 0 Å². The minimum absolute atomic E-state index is 0.00261. The van der Waals surface area contributed by atoms with Crippen LogP contribution in [0, 0.1) is 0 Å². The van der Waals surface area contributed by atoms with E-state index in [1.807, 2.05) is 31.2 Å². The van der Waals surface area contributed by atoms with Gasteiger partial charge in [-0.2, -0.15) is 0 Å². The molecule has 22 heavy (non-hydrogen) atoms. The predicted molar refractivity (Wildman–Crippen MR) is 90.6 cm³/mol. The lowest BCUT2D eigenvalue weighted by molar-refractivity contribution is 0.0683. The fourth-order valence-electron chi connectivity index (χ4n) is 2.76. The Morgan fingerprint density at radius 1 is 1.09 bits per heavy atom. The number of amides is 1. The van der Waals surface area contributed by atoms with Gasteiger partial charge in [0.1, 0.15) is 6.17 Å². The first-order valence-electron chi connectivity index (χ1n) is 7.24. The highest BCUT2D eigenvalue weighted by Crippen LogP contribution is 2.38. The summed E-state index contributed by atoms with van der Waals surface area (Å²) in [5.41, 5.74) is 2.22. The number of nitrogens with zero attached hydrogens (tertiary/aromatic N) is 1. The summed E-state index contributed by atoms with van der Waals surface area (Å²) in [4.78, 5) is 14.6. The van der Waals surface area contributed by atoms with E-state index in [2.05, 4.69) is 5.32 Å². The van der Waals surface area contributed by atoms with Crippen molar-refractivity contribution in [3.8, 4) is 0 Å². The summed E-state index contributed by atoms with van der Waals surface area (Å²) in [5, 5.41) is 4.50. The molecule has 0 saturated carbocycles. The average Bonchev–Trinajstić information content (AvgIpc) is 2.51. The monoisotopic (exact) mass is 334 g/mol. The quantitative estimate of drug-likeness (QED) is 0.859. The van der Waals surface area contributed by atoms with Crippen molar-refractivity contribution < 1.29 is 4.79 Å². The highest BCUT2D eigenvalue weighted by atomic mass is 35.5. The van der Waals surface area contributed by atoms with Crippen molar-refractivity contribution in [2.45, 2.75) is 19.5 Å². The molecule has 1 aliphatic heterocycles. The van der Waals surface area contributed by atoms with Crippen LogP contribution in [0.5, 0.6) is 0 Å². The number of rotatable bonds is 3. The summed E-state index contributed by atoms with van der Waals surface area (Å²) >= 11 is 12.7. The van der Waals surface area contributed by atoms with E-state index in [1.54, 1.807) is 23.1 Å². The molecule has 0 fully saturated rings. The van der Waals surface area contributed by atoms with Crippen LogP contribution < -0.4 is 5.32 Å². The van der Waals surface area contributed by atoms with Crippen LogP contribution in [-0.4, -0.2) is 17.4 Å². The van der Waals surface area contributed by atoms with Crippen LogP contribution in [0.3, 0.4) is 0 Å². The maximum atomic E-state index is 12.8. The Labute approximate surface area is 139 Å². The molecule has 0 unspecified atom stereocenters. The largest absolute Gasteiger partial charge is 0.361 e. The summed E-state index contributed by atoms with van der Waals surface area (Å²) in [7, 11) is 0. The second-order valence-corrected chi connectivity index (χ2v) is 6.04. The van der Waals surface area contributed by atoms with E-state index < -0.39 is 0 Å². The second-order valence-electron chi connectivity index (χ2n) is 5.23. The SMILES string of the molecule is CCCN1C(=O)c2ccccc2N[C@H]1c1c(Cl)cccc1Cl. The molecule has 3 nitrogen and oxygen atoms in total. The molecule has 0 aromatic heterocycles. The Morgan fingerprint density at radius 2 is 1.77 bits per heavy atom. The van der Waals surface area contributed by atoms with Crippen LogP contribution in [0.25, 0.3) is 0 Å². The fourth-order valence-corrected chi connectivity index (χ4v) is 3.37. The Balaban J connectivity index is 2.12. The Morgan fingerprint density at radius 3 is 2.45 bits per heavy atom. The fraction of sp³-hybridized carbons (Fsp3) is 0.235. The molecule has 0 radical (unpaired) electrons. The van der Waals surface area contributed by atoms with Gasteiger partial charge in [-0.15, -0.1) is 0 Å². The third-order valence-corrected chi connectivity index (χ3v) is 4.42. The van der Waals surface area contributed by atoms with Crippen molar-refractivity contribution >= 4 is 34.8 Å². The number of carbonyl (C=O) groups is 1. The van der Waals surface area contributed by atoms with Gasteiger partial charge in [0.05, 0.1) is 5.56 Å². The molecular formula is C17H16Cl2N2O. The van der Waals surface area contributed by atoms with E-state index in [-0.39, 0.29) is 12.1 Å². The topological polar surface area (TPSA) is 32.3 Å². The van der Waals surface area contributed by atoms with Crippen LogP contribution >= 0.6 is 23.2 Å². The van der Waals surface area contributed by atoms with Gasteiger partial charge in [-0.05, 0) is 30.7 Å². The van der Waals surface area contributed by atoms with Crippen molar-refractivity contribution in [2.75, 3.05) is 11.9 Å². The molecule has 2 aromatic rings. The number of carbonyl (C=O) groups excluding carboxylic acids is 1. The third-order valence-electron chi connectivity index (χ3n) is 3.76. The molecular weight excluding hydrogens is 319 g/mol. The smallest absolute Gasteiger partial charge is 0.257 e. The van der Waals surface area contributed by atoms with Crippen molar-refractivity contribution in [3.05, 3.63) is 63.6 Å². The number of nitrogens with one attached hydrogen (secondary N) is 1. The standard InChI is InChI=1S/C17H16Cl2N2O/c1-2-10-21-16(15-12(18)7-5-8-13(15)19)20-14-9-4-3-6-11(14)17(21)22/h3-9,16,20H,2,10H2,1H3/t16-/m1/s1. The molecule has 114 valence electrons. The summed E-state index contributed by atoms with van der Waals surface area (Å²) in [6.45, 7) is 2.67. The molecule has 0 bridgehead atoms. The first-order valence-corrected chi connectivity index (χ1v) is 7.99. The summed E-state index contributed by atoms with van der Waals surface area (Å²) < 4.78 is 0. The molecule has 1 N–H and O–H groups in total. The molecule has 0 spiro atoms. The van der Waals surface area contributed by atoms with Crippen molar-refractivity contribution in [1.82, 2.24) is 4.90 Å². The van der Waals surface area contributed by atoms with Gasteiger partial charge in [0, 0.05) is 27.8 Å². The normalized spacial score (nSPS) is 17.1. The first-order chi connectivity index (χ1) is 10.6. The van der Waals surface area contributed by atoms with Crippen LogP contribution in [0.4, 0.5) is 5.69 Å². The number of hydrogen-bond acceptors (Lipinski definition) is 2. The zero-order valence-corrected chi connectivity index (χ0v) is 13.7. The number of anilines is 1. The number of fused-ring (bicyclic) bond motifs is 1. The Hall–Kier alpha value is -1.71. The average molecular weight is 335 g/mol. The van der Waals surface area contributed by atoms with Crippen molar-refractivity contribution in [3.63, 3.8) is 0 Å². The predicted octanol–water partition coefficient (Wildman–Crippen LogP) is 4.97. The summed E-state index contributed by atoms with van der Waals surface area (Å²) in [6.07, 6.45) is 0.497. The van der Waals surface area contributed by atoms with Crippen LogP contribution in [-0.2, 0) is 0 Å². The van der Waals surface area contributed by atoms with Crippen molar-refractivity contribution in [2.24, 2.45) is 0 Å². The van der Waals surface area contributed by atoms with Gasteiger partial charge in [-0.3, -0.25) is 4.79 Å². The highest BCUT2D eigenvalue weighted by molar-refractivity contribution is 6.36. The molecule has 1 heterocycles. The first kappa shape index (κ1) is 15.2. The number of hydrogen-bond donors (Lipinski definition) is 1. The summed E-state index contributed by atoms with van der Waals surface area (Å²) in [6, 6.07) is 12.9. The number of benzene rings is 2. The lowest BCUT2D eigenvalue weighted by atomic mass is 10.0. The van der Waals surface area contributed by atoms with E-state index in [1.165, 1.54) is 0 Å². The van der Waals surface area contributed by atoms with Gasteiger partial charge >= 0.3 is 0 Å². The lowest BCUT2D eigenvalue weighted by Gasteiger charge is -2.38. The molecule has 5 heteroatoms. The van der Waals surface area contributed by atoms with Crippen LogP contribution in [0.2, 0.25) is 10.0 Å². The van der Waals surface area contributed by atoms with E-state index >= 15 is 0 Å². The minimum Gasteiger partial charge on any atom is -0.361 e. The molecule has 0 saturated heterocycles. The number of para-hydroxylation sites is 1. The zero-order chi connectivity index (χ0) is 15.7. The van der Waals surface area contributed by atoms with Crippen LogP contribution in [0.1, 0.15) is 35.4 Å². The van der Waals surface area contributed by atoms with Gasteiger partial charge in [0.25, 0.3) is 5.91 Å². The second kappa shape index (κ2) is 6.19. The minimum atomic E-state index is -0.358. The third kappa shape index (κ3) is 2.55. The van der Waals surface area contributed by atoms with E-state index in [9.17, 15) is 4.79 Å². The molecule has 2 aromatic carbocycles. The maximum Gasteiger partial charge on any atom is 0.257 e. The van der Waals surface area contributed by atoms with E-state index in [0.29, 0.717) is 22.2 Å². The highest BCUT2D eigenvalue weighted by Gasteiger charge is 2.34.